The third kappa shape index (κ3) is 20.0. The highest BCUT2D eigenvalue weighted by Gasteiger charge is 2.30. The quantitative estimate of drug-likeness (QED) is 0.0388. The highest BCUT2D eigenvalue weighted by atomic mass is 32.1. The predicted molar refractivity (Wildman–Crippen MR) is 281 cm³/mol. The summed E-state index contributed by atoms with van der Waals surface area (Å²) >= 11 is 0. The van der Waals surface area contributed by atoms with Crippen LogP contribution in [0.15, 0.2) is 60.7 Å². The van der Waals surface area contributed by atoms with Crippen LogP contribution >= 0.6 is 40.5 Å². The van der Waals surface area contributed by atoms with Crippen molar-refractivity contribution in [1.82, 2.24) is 25.7 Å². The molecule has 4 aromatic rings. The zero-order valence-electron chi connectivity index (χ0n) is 40.1. The number of nitrogen functional groups attached to an aromatic ring is 1. The second-order valence-electron chi connectivity index (χ2n) is 16.7. The van der Waals surface area contributed by atoms with Crippen LogP contribution in [0.25, 0.3) is 22.0 Å². The molecule has 24 nitrogen and oxygen atoms in total. The summed E-state index contributed by atoms with van der Waals surface area (Å²) in [7, 11) is 0. The molecule has 0 radical (unpaired) electrons. The van der Waals surface area contributed by atoms with Crippen LogP contribution in [0.1, 0.15) is 80.1 Å². The van der Waals surface area contributed by atoms with Gasteiger partial charge < -0.3 is 58.3 Å². The minimum atomic E-state index is -1.75. The molecule has 13 N–H and O–H groups in total. The number of nitrogens with zero attached hydrogens (tertiary/aromatic N) is 2. The highest BCUT2D eigenvalue weighted by Crippen LogP contribution is 2.33. The van der Waals surface area contributed by atoms with E-state index in [1.165, 1.54) is 6.07 Å². The van der Waals surface area contributed by atoms with Gasteiger partial charge in [0, 0.05) is 37.8 Å². The van der Waals surface area contributed by atoms with E-state index >= 15 is 0 Å². The standard InChI is InChI=1S/C47H53FN8O16.3H2S/c1-23-5-12-30(48)26(19-23)21-38(60)51-27-9-6-24(7-10-27)29-3-2-4-35-41(29)42(50)55-56(35)39(61)22-31(49)43(64)54-34(47(71)72)15-17-37(59)53-33(46(69)70)14-16-36(58)52-32(45(67)68)13-11-28(57)20-25(44(65)66)8-18-40(62)63;;;/h2-7,9-10,12,19,25,31-34H,8,11,13-18,20-22,49H2,1H3,(H2,50,55)(H,51,60)(H,52,58)(H,53,59)(H,54,64)(H,62,63)(H,65,66)(H,67,68)(H,69,70)(H,71,72);3*1H2/t25-,31+,32+,33+,34+;;;/m1.../s1. The summed E-state index contributed by atoms with van der Waals surface area (Å²) in [5, 5.41) is 60.6. The van der Waals surface area contributed by atoms with Crippen molar-refractivity contribution in [2.45, 2.75) is 102 Å². The SMILES string of the molecule is Cc1ccc(F)c(CC(=O)Nc2ccc(-c3cccc4c3c(N)nn4C(=O)C[C@H](N)C(=O)N[C@@H](CCC(=O)N[C@@H](CCC(=O)N[C@@H](CCC(=O)C[C@@H](CCC(=O)O)C(=O)O)C(=O)O)C(=O)O)C(=O)O)cc2)c1.S.S.S. The molecule has 1 heterocycles. The number of hydrogen-bond donors (Lipinski definition) is 11. The van der Waals surface area contributed by atoms with Gasteiger partial charge in [-0.3, -0.25) is 38.4 Å². The number of ketones is 1. The molecule has 28 heteroatoms. The number of Topliss-reactive ketones (excluding diaryl/α,β-unsaturated/α-hetero) is 1. The van der Waals surface area contributed by atoms with Gasteiger partial charge in [0.2, 0.25) is 29.5 Å². The zero-order valence-corrected chi connectivity index (χ0v) is 43.1. The van der Waals surface area contributed by atoms with Crippen molar-refractivity contribution in [3.8, 4) is 11.1 Å². The summed E-state index contributed by atoms with van der Waals surface area (Å²) < 4.78 is 15.1. The first-order valence-corrected chi connectivity index (χ1v) is 22.2. The van der Waals surface area contributed by atoms with E-state index in [-0.39, 0.29) is 70.2 Å². The number of halogens is 1. The van der Waals surface area contributed by atoms with Crippen molar-refractivity contribution >= 4 is 128 Å². The molecule has 0 bridgehead atoms. The molecule has 0 aliphatic carbocycles. The number of aromatic nitrogens is 2. The zero-order chi connectivity index (χ0) is 53.4. The van der Waals surface area contributed by atoms with E-state index in [1.807, 2.05) is 0 Å². The minimum absolute atomic E-state index is 0. The summed E-state index contributed by atoms with van der Waals surface area (Å²) in [5.41, 5.74) is 15.2. The number of nitrogens with one attached hydrogen (secondary N) is 4. The summed E-state index contributed by atoms with van der Waals surface area (Å²) in [5.74, 6) is -14.4. The first-order chi connectivity index (χ1) is 33.9. The van der Waals surface area contributed by atoms with Gasteiger partial charge in [-0.2, -0.15) is 45.2 Å². The molecule has 3 aromatic carbocycles. The Morgan fingerprint density at radius 2 is 1.20 bits per heavy atom. The van der Waals surface area contributed by atoms with Crippen molar-refractivity contribution in [2.75, 3.05) is 11.1 Å². The molecule has 75 heavy (non-hydrogen) atoms. The van der Waals surface area contributed by atoms with E-state index in [0.717, 1.165) is 10.2 Å². The average molecular weight is 1110 g/mol. The number of carbonyl (C=O) groups excluding carboxylic acids is 6. The molecule has 0 fully saturated rings. The lowest BCUT2D eigenvalue weighted by atomic mass is 9.94. The van der Waals surface area contributed by atoms with E-state index < -0.39 is 159 Å². The van der Waals surface area contributed by atoms with Crippen LogP contribution < -0.4 is 32.7 Å². The maximum atomic E-state index is 14.2. The number of nitrogens with two attached hydrogens (primary N) is 2. The molecule has 0 aliphatic heterocycles. The van der Waals surface area contributed by atoms with Crippen LogP contribution in [0.2, 0.25) is 0 Å². The fraction of sp³-hybridized carbons (Fsp3) is 0.362. The Labute approximate surface area is 447 Å². The number of carboxylic acid groups (broad SMARTS) is 5. The van der Waals surface area contributed by atoms with Crippen molar-refractivity contribution < 1.29 is 82.7 Å². The molecule has 0 spiro atoms. The van der Waals surface area contributed by atoms with Gasteiger partial charge in [-0.15, -0.1) is 5.10 Å². The Hall–Kier alpha value is -7.56. The van der Waals surface area contributed by atoms with Gasteiger partial charge in [-0.25, -0.2) is 18.8 Å². The van der Waals surface area contributed by atoms with Gasteiger partial charge >= 0.3 is 29.8 Å². The molecule has 5 atom stereocenters. The third-order valence-corrected chi connectivity index (χ3v) is 11.2. The minimum Gasteiger partial charge on any atom is -0.481 e. The van der Waals surface area contributed by atoms with Crippen LogP contribution in [0.4, 0.5) is 15.9 Å². The van der Waals surface area contributed by atoms with Crippen molar-refractivity contribution in [1.29, 1.82) is 0 Å². The largest absolute Gasteiger partial charge is 0.481 e. The molecule has 0 unspecified atom stereocenters. The molecular formula is C47H59FN8O16S3. The van der Waals surface area contributed by atoms with E-state index in [9.17, 15) is 77.6 Å². The summed E-state index contributed by atoms with van der Waals surface area (Å²) in [4.78, 5) is 135. The Morgan fingerprint density at radius 1 is 0.653 bits per heavy atom. The summed E-state index contributed by atoms with van der Waals surface area (Å²) in [6.45, 7) is 1.78. The number of anilines is 2. The molecule has 0 saturated carbocycles. The maximum absolute atomic E-state index is 14.2. The van der Waals surface area contributed by atoms with E-state index in [1.54, 1.807) is 61.5 Å². The molecular weight excluding hydrogens is 1050 g/mol. The monoisotopic (exact) mass is 1110 g/mol. The maximum Gasteiger partial charge on any atom is 0.326 e. The van der Waals surface area contributed by atoms with Gasteiger partial charge in [0.25, 0.3) is 0 Å². The lowest BCUT2D eigenvalue weighted by molar-refractivity contribution is -0.145. The molecule has 0 aliphatic rings. The highest BCUT2D eigenvalue weighted by molar-refractivity contribution is 7.59. The lowest BCUT2D eigenvalue weighted by Gasteiger charge is -2.19. The van der Waals surface area contributed by atoms with Crippen LogP contribution in [-0.4, -0.2) is 125 Å². The Bertz CT molecular complexity index is 2760. The van der Waals surface area contributed by atoms with Gasteiger partial charge in [0.15, 0.2) is 5.82 Å². The van der Waals surface area contributed by atoms with Crippen LogP contribution in [0.5, 0.6) is 0 Å². The van der Waals surface area contributed by atoms with Crippen LogP contribution in [-0.2, 0) is 54.4 Å². The normalized spacial score (nSPS) is 12.6. The third-order valence-electron chi connectivity index (χ3n) is 11.2. The summed E-state index contributed by atoms with van der Waals surface area (Å²) in [6.07, 6.45) is -5.74. The molecule has 408 valence electrons. The molecule has 0 saturated heterocycles. The predicted octanol–water partition coefficient (Wildman–Crippen LogP) is 2.18. The second kappa shape index (κ2) is 30.6. The first-order valence-electron chi connectivity index (χ1n) is 22.2. The molecule has 1 aromatic heterocycles. The van der Waals surface area contributed by atoms with Gasteiger partial charge in [-0.05, 0) is 73.6 Å². The van der Waals surface area contributed by atoms with E-state index in [2.05, 4.69) is 26.4 Å². The number of benzene rings is 3. The van der Waals surface area contributed by atoms with Crippen molar-refractivity contribution in [3.63, 3.8) is 0 Å². The number of hydrogen-bond acceptors (Lipinski definition) is 14. The fourth-order valence-electron chi connectivity index (χ4n) is 7.37. The second-order valence-corrected chi connectivity index (χ2v) is 16.7. The number of carbonyl (C=O) groups is 11. The fourth-order valence-corrected chi connectivity index (χ4v) is 7.37. The number of aliphatic carboxylic acids is 5. The number of amides is 4. The topological polar surface area (TPSA) is 407 Å². The molecule has 4 rings (SSSR count). The Morgan fingerprint density at radius 3 is 1.73 bits per heavy atom. The Balaban J connectivity index is 0.00000937. The smallest absolute Gasteiger partial charge is 0.326 e. The average Bonchev–Trinajstić information content (AvgIpc) is 3.66. The van der Waals surface area contributed by atoms with E-state index in [4.69, 9.17) is 16.6 Å². The number of aryl methyl sites for hydroxylation is 1. The first kappa shape index (κ1) is 65.5. The van der Waals surface area contributed by atoms with Crippen LogP contribution in [0.3, 0.4) is 0 Å². The van der Waals surface area contributed by atoms with E-state index in [0.29, 0.717) is 22.2 Å². The van der Waals surface area contributed by atoms with Gasteiger partial charge in [0.1, 0.15) is 29.7 Å². The Kier molecular flexibility index (Phi) is 26.7. The van der Waals surface area contributed by atoms with Crippen LogP contribution in [0, 0.1) is 18.7 Å². The number of fused-ring (bicyclic) bond motifs is 1. The van der Waals surface area contributed by atoms with Crippen molar-refractivity contribution in [3.05, 3.63) is 77.6 Å². The van der Waals surface area contributed by atoms with Crippen molar-refractivity contribution in [2.24, 2.45) is 11.7 Å². The number of rotatable bonds is 28. The van der Waals surface area contributed by atoms with Gasteiger partial charge in [0.05, 0.1) is 35.7 Å². The number of carboxylic acids is 5. The lowest BCUT2D eigenvalue weighted by Crippen LogP contribution is -2.50. The molecule has 4 amide bonds. The summed E-state index contributed by atoms with van der Waals surface area (Å²) in [6, 6.07) is 9.21. The van der Waals surface area contributed by atoms with Gasteiger partial charge in [-0.1, -0.05) is 42.0 Å².